The van der Waals surface area contributed by atoms with Gasteiger partial charge in [-0.25, -0.2) is 0 Å². The smallest absolute Gasteiger partial charge is 0.190 e. The van der Waals surface area contributed by atoms with Gasteiger partial charge in [0, 0.05) is 11.6 Å². The number of fused-ring (bicyclic) bond motifs is 8. The highest BCUT2D eigenvalue weighted by molar-refractivity contribution is 6.03. The van der Waals surface area contributed by atoms with Gasteiger partial charge in [0.2, 0.25) is 0 Å². The van der Waals surface area contributed by atoms with Gasteiger partial charge in [-0.3, -0.25) is 14.0 Å². The van der Waals surface area contributed by atoms with Crippen LogP contribution in [0.25, 0.3) is 33.0 Å². The lowest BCUT2D eigenvalue weighted by atomic mass is 10.2. The molecular weight excluding hydrogens is 276 g/mol. The Morgan fingerprint density at radius 1 is 0.727 bits per heavy atom. The maximum Gasteiger partial charge on any atom is 0.190 e. The summed E-state index contributed by atoms with van der Waals surface area (Å²) in [5, 5.41) is 1.28. The fourth-order valence-corrected chi connectivity index (χ4v) is 3.37. The summed E-state index contributed by atoms with van der Waals surface area (Å²) in [6.07, 6.45) is 1.93. The quantitative estimate of drug-likeness (QED) is 0.439. The summed E-state index contributed by atoms with van der Waals surface area (Å²) in [4.78, 5) is 24.6. The van der Waals surface area contributed by atoms with Crippen molar-refractivity contribution in [2.45, 2.75) is 0 Å². The van der Waals surface area contributed by atoms with Crippen molar-refractivity contribution in [3.63, 3.8) is 0 Å². The lowest BCUT2D eigenvalue weighted by Gasteiger charge is -2.07. The topological polar surface area (TPSA) is 43.0 Å². The molecule has 0 radical (unpaired) electrons. The van der Waals surface area contributed by atoms with Crippen molar-refractivity contribution in [1.82, 2.24) is 8.80 Å². The molecule has 3 aromatic heterocycles. The third-order valence-corrected chi connectivity index (χ3v) is 4.28. The van der Waals surface area contributed by atoms with E-state index in [4.69, 9.17) is 0 Å². The average molecular weight is 286 g/mol. The minimum Gasteiger partial charge on any atom is -0.302 e. The van der Waals surface area contributed by atoms with Crippen LogP contribution in [0.3, 0.4) is 0 Å². The number of nitrogens with zero attached hydrogens (tertiary/aromatic N) is 2. The Kier molecular flexibility index (Phi) is 1.96. The predicted molar refractivity (Wildman–Crippen MR) is 87.1 cm³/mol. The molecule has 0 N–H and O–H groups in total. The Bertz CT molecular complexity index is 1310. The van der Waals surface area contributed by atoms with E-state index in [1.807, 2.05) is 45.3 Å². The first kappa shape index (κ1) is 11.5. The van der Waals surface area contributed by atoms with Gasteiger partial charge in [-0.2, -0.15) is 0 Å². The lowest BCUT2D eigenvalue weighted by molar-refractivity contribution is 1.17. The zero-order valence-electron chi connectivity index (χ0n) is 11.5. The molecule has 4 heteroatoms. The molecule has 0 aliphatic heterocycles. The van der Waals surface area contributed by atoms with E-state index in [0.29, 0.717) is 10.8 Å². The molecular formula is C18H10N2O2. The summed E-state index contributed by atoms with van der Waals surface area (Å²) in [5.41, 5.74) is 3.35. The zero-order valence-corrected chi connectivity index (χ0v) is 11.5. The molecule has 0 aliphatic rings. The molecule has 5 rings (SSSR count). The fraction of sp³-hybridized carbons (Fsp3) is 0. The predicted octanol–water partition coefficient (Wildman–Crippen LogP) is 2.66. The Balaban J connectivity index is 2.31. The van der Waals surface area contributed by atoms with E-state index in [-0.39, 0.29) is 10.9 Å². The molecule has 0 saturated carbocycles. The van der Waals surface area contributed by atoms with Gasteiger partial charge < -0.3 is 4.40 Å². The van der Waals surface area contributed by atoms with E-state index in [0.717, 1.165) is 22.2 Å². The Morgan fingerprint density at radius 3 is 2.36 bits per heavy atom. The highest BCUT2D eigenvalue weighted by Gasteiger charge is 2.14. The van der Waals surface area contributed by atoms with Crippen LogP contribution in [0.15, 0.2) is 70.4 Å². The number of aromatic nitrogens is 2. The van der Waals surface area contributed by atoms with Gasteiger partial charge in [0.05, 0.1) is 21.9 Å². The molecule has 0 amide bonds. The van der Waals surface area contributed by atoms with Crippen molar-refractivity contribution in [2.24, 2.45) is 0 Å². The van der Waals surface area contributed by atoms with Crippen molar-refractivity contribution >= 4 is 33.0 Å². The molecule has 3 heterocycles. The van der Waals surface area contributed by atoms with Gasteiger partial charge >= 0.3 is 0 Å². The van der Waals surface area contributed by atoms with Crippen molar-refractivity contribution in [3.05, 3.63) is 81.2 Å². The standard InChI is InChI=1S/C18H10N2O2/c21-15-6-1-4-12-11(15)10-14-18-13(5-2-7-16(18)22)19-9-3-8-17(19)20(12)14/h1-10H. The van der Waals surface area contributed by atoms with Crippen LogP contribution in [-0.2, 0) is 0 Å². The van der Waals surface area contributed by atoms with Gasteiger partial charge in [0.15, 0.2) is 10.9 Å². The zero-order chi connectivity index (χ0) is 14.8. The van der Waals surface area contributed by atoms with Crippen LogP contribution < -0.4 is 10.9 Å². The van der Waals surface area contributed by atoms with Gasteiger partial charge in [-0.15, -0.1) is 0 Å². The van der Waals surface area contributed by atoms with E-state index in [2.05, 4.69) is 0 Å². The third kappa shape index (κ3) is 1.22. The Labute approximate surface area is 123 Å². The second-order valence-corrected chi connectivity index (χ2v) is 5.44. The van der Waals surface area contributed by atoms with Gasteiger partial charge in [-0.1, -0.05) is 12.1 Å². The SMILES string of the molecule is O=c1cccc2c1cc1c3c(=O)cccc3n3cccc3n21. The number of rotatable bonds is 0. The van der Waals surface area contributed by atoms with E-state index < -0.39 is 0 Å². The van der Waals surface area contributed by atoms with Gasteiger partial charge in [0.1, 0.15) is 5.65 Å². The van der Waals surface area contributed by atoms with E-state index in [1.54, 1.807) is 24.3 Å². The highest BCUT2D eigenvalue weighted by Crippen LogP contribution is 2.26. The molecule has 0 fully saturated rings. The van der Waals surface area contributed by atoms with Crippen LogP contribution in [0.1, 0.15) is 0 Å². The summed E-state index contributed by atoms with van der Waals surface area (Å²) in [6.45, 7) is 0. The molecule has 0 unspecified atom stereocenters. The first-order valence-electron chi connectivity index (χ1n) is 7.06. The molecule has 0 aliphatic carbocycles. The van der Waals surface area contributed by atoms with Crippen molar-refractivity contribution in [2.75, 3.05) is 0 Å². The average Bonchev–Trinajstić information content (AvgIpc) is 3.11. The Morgan fingerprint density at radius 2 is 1.50 bits per heavy atom. The molecule has 4 nitrogen and oxygen atoms in total. The molecule has 2 aromatic carbocycles. The minimum absolute atomic E-state index is 0.0255. The first-order chi connectivity index (χ1) is 10.8. The summed E-state index contributed by atoms with van der Waals surface area (Å²) in [6, 6.07) is 16.2. The number of hydrogen-bond donors (Lipinski definition) is 0. The first-order valence-corrected chi connectivity index (χ1v) is 7.06. The van der Waals surface area contributed by atoms with Crippen LogP contribution >= 0.6 is 0 Å². The fourth-order valence-electron chi connectivity index (χ4n) is 3.37. The molecule has 5 aromatic rings. The van der Waals surface area contributed by atoms with Gasteiger partial charge in [-0.05, 0) is 42.5 Å². The third-order valence-electron chi connectivity index (χ3n) is 4.28. The number of hydrogen-bond acceptors (Lipinski definition) is 2. The largest absolute Gasteiger partial charge is 0.302 e. The monoisotopic (exact) mass is 286 g/mol. The molecule has 0 bridgehead atoms. The lowest BCUT2D eigenvalue weighted by Crippen LogP contribution is -2.05. The van der Waals surface area contributed by atoms with Crippen molar-refractivity contribution in [1.29, 1.82) is 0 Å². The second-order valence-electron chi connectivity index (χ2n) is 5.44. The van der Waals surface area contributed by atoms with E-state index in [9.17, 15) is 9.59 Å². The van der Waals surface area contributed by atoms with Crippen molar-refractivity contribution in [3.8, 4) is 0 Å². The van der Waals surface area contributed by atoms with Crippen LogP contribution in [-0.4, -0.2) is 8.80 Å². The molecule has 104 valence electrons. The van der Waals surface area contributed by atoms with Crippen LogP contribution in [0, 0.1) is 0 Å². The van der Waals surface area contributed by atoms with Crippen molar-refractivity contribution < 1.29 is 0 Å². The van der Waals surface area contributed by atoms with Gasteiger partial charge in [0.25, 0.3) is 0 Å². The number of benzene rings is 2. The van der Waals surface area contributed by atoms with Crippen LogP contribution in [0.5, 0.6) is 0 Å². The molecule has 0 saturated heterocycles. The second kappa shape index (κ2) is 3.74. The van der Waals surface area contributed by atoms with Crippen LogP contribution in [0.4, 0.5) is 0 Å². The highest BCUT2D eigenvalue weighted by atomic mass is 16.1. The van der Waals surface area contributed by atoms with E-state index >= 15 is 0 Å². The molecule has 22 heavy (non-hydrogen) atoms. The Hall–Kier alpha value is -3.14. The summed E-state index contributed by atoms with van der Waals surface area (Å²) in [7, 11) is 0. The molecule has 0 atom stereocenters. The maximum absolute atomic E-state index is 12.4. The normalized spacial score (nSPS) is 12.0. The van der Waals surface area contributed by atoms with Crippen LogP contribution in [0.2, 0.25) is 0 Å². The summed E-state index contributed by atoms with van der Waals surface area (Å²) >= 11 is 0. The summed E-state index contributed by atoms with van der Waals surface area (Å²) < 4.78 is 3.97. The maximum atomic E-state index is 12.4. The minimum atomic E-state index is -0.0339. The van der Waals surface area contributed by atoms with E-state index in [1.165, 1.54) is 0 Å². The molecule has 0 spiro atoms. The summed E-state index contributed by atoms with van der Waals surface area (Å²) in [5.74, 6) is 0.